The molecule has 20 heavy (non-hydrogen) atoms. The molecule has 0 aliphatic carbocycles. The maximum atomic E-state index is 11.8. The number of hydrogen-bond donors (Lipinski definition) is 0. The third kappa shape index (κ3) is 4.14. The van der Waals surface area contributed by atoms with E-state index in [9.17, 15) is 8.42 Å². The largest absolute Gasteiger partial charge is 0.381 e. The minimum absolute atomic E-state index is 0.0517. The van der Waals surface area contributed by atoms with Gasteiger partial charge in [0.25, 0.3) is 0 Å². The van der Waals surface area contributed by atoms with Gasteiger partial charge in [-0.15, -0.1) is 0 Å². The molecule has 0 aliphatic rings. The Bertz CT molecular complexity index is 637. The fourth-order valence-electron chi connectivity index (χ4n) is 1.61. The summed E-state index contributed by atoms with van der Waals surface area (Å²) in [4.78, 5) is 4.10. The summed E-state index contributed by atoms with van der Waals surface area (Å²) < 4.78 is 33.6. The average molecular weight is 296 g/mol. The number of rotatable bonds is 7. The lowest BCUT2D eigenvalue weighted by molar-refractivity contribution is 0.163. The Balaban J connectivity index is 2.03. The van der Waals surface area contributed by atoms with Crippen LogP contribution < -0.4 is 0 Å². The van der Waals surface area contributed by atoms with Crippen LogP contribution in [0.15, 0.2) is 34.9 Å². The number of sulfone groups is 1. The van der Waals surface area contributed by atoms with E-state index in [0.717, 1.165) is 5.56 Å². The molecule has 0 atom stereocenters. The van der Waals surface area contributed by atoms with Crippen molar-refractivity contribution >= 4 is 9.84 Å². The Morgan fingerprint density at radius 1 is 1.25 bits per heavy atom. The summed E-state index contributed by atoms with van der Waals surface area (Å²) in [6.45, 7) is 2.49. The lowest BCUT2D eigenvalue weighted by Gasteiger charge is -2.01. The minimum Gasteiger partial charge on any atom is -0.381 e. The van der Waals surface area contributed by atoms with Gasteiger partial charge in [-0.2, -0.15) is 4.98 Å². The fraction of sp³-hybridized carbons (Fsp3) is 0.385. The molecule has 2 aromatic rings. The van der Waals surface area contributed by atoms with E-state index in [4.69, 9.17) is 9.26 Å². The molecule has 1 aromatic carbocycles. The van der Waals surface area contributed by atoms with Crippen LogP contribution in [0.4, 0.5) is 0 Å². The van der Waals surface area contributed by atoms with Gasteiger partial charge in [0, 0.05) is 12.2 Å². The van der Waals surface area contributed by atoms with Crippen LogP contribution in [0.3, 0.4) is 0 Å². The molecule has 0 unspecified atom stereocenters. The first-order valence-corrected chi connectivity index (χ1v) is 8.09. The Labute approximate surface area is 117 Å². The number of nitrogens with zero attached hydrogens (tertiary/aromatic N) is 2. The first kappa shape index (κ1) is 14.7. The van der Waals surface area contributed by atoms with E-state index in [0.29, 0.717) is 12.4 Å². The first-order valence-electron chi connectivity index (χ1n) is 6.27. The molecular weight excluding hydrogens is 280 g/mol. The second-order valence-corrected chi connectivity index (χ2v) is 6.35. The van der Waals surface area contributed by atoms with Gasteiger partial charge >= 0.3 is 0 Å². The Morgan fingerprint density at radius 3 is 2.70 bits per heavy atom. The van der Waals surface area contributed by atoms with Crippen LogP contribution in [-0.2, 0) is 20.3 Å². The van der Waals surface area contributed by atoms with E-state index in [2.05, 4.69) is 10.1 Å². The molecule has 0 aliphatic heterocycles. The van der Waals surface area contributed by atoms with Gasteiger partial charge in [-0.05, 0) is 6.92 Å². The SMILES string of the molecule is CCOCCS(=O)(=O)Cc1nc(-c2ccccc2)no1. The van der Waals surface area contributed by atoms with Crippen molar-refractivity contribution in [2.45, 2.75) is 12.7 Å². The van der Waals surface area contributed by atoms with Crippen molar-refractivity contribution in [2.75, 3.05) is 19.0 Å². The average Bonchev–Trinajstić information content (AvgIpc) is 2.87. The Morgan fingerprint density at radius 2 is 2.00 bits per heavy atom. The predicted molar refractivity (Wildman–Crippen MR) is 73.7 cm³/mol. The normalized spacial score (nSPS) is 11.7. The molecule has 1 aromatic heterocycles. The Kier molecular flexibility index (Phi) is 4.86. The standard InChI is InChI=1S/C13H16N2O4S/c1-2-18-8-9-20(16,17)10-12-14-13(15-19-12)11-6-4-3-5-7-11/h3-7H,2,8-10H2,1H3. The molecule has 7 heteroatoms. The van der Waals surface area contributed by atoms with Crippen molar-refractivity contribution in [1.29, 1.82) is 0 Å². The van der Waals surface area contributed by atoms with E-state index in [1.165, 1.54) is 0 Å². The summed E-state index contributed by atoms with van der Waals surface area (Å²) in [5.41, 5.74) is 0.786. The van der Waals surface area contributed by atoms with Crippen molar-refractivity contribution in [3.05, 3.63) is 36.2 Å². The number of benzene rings is 1. The predicted octanol–water partition coefficient (Wildman–Crippen LogP) is 1.69. The van der Waals surface area contributed by atoms with Gasteiger partial charge in [0.15, 0.2) is 9.84 Å². The number of aromatic nitrogens is 2. The zero-order chi connectivity index (χ0) is 14.4. The van der Waals surface area contributed by atoms with Gasteiger partial charge in [0.05, 0.1) is 12.4 Å². The summed E-state index contributed by atoms with van der Waals surface area (Å²) in [5, 5.41) is 3.79. The molecule has 1 heterocycles. The molecule has 0 amide bonds. The van der Waals surface area contributed by atoms with Crippen LogP contribution in [-0.4, -0.2) is 37.5 Å². The van der Waals surface area contributed by atoms with Crippen LogP contribution in [0, 0.1) is 0 Å². The quantitative estimate of drug-likeness (QED) is 0.723. The molecule has 0 radical (unpaired) electrons. The topological polar surface area (TPSA) is 82.3 Å². The minimum atomic E-state index is -3.30. The third-order valence-corrected chi connectivity index (χ3v) is 4.06. The summed E-state index contributed by atoms with van der Waals surface area (Å²) in [7, 11) is -3.30. The molecule has 0 saturated heterocycles. The van der Waals surface area contributed by atoms with Gasteiger partial charge < -0.3 is 9.26 Å². The van der Waals surface area contributed by atoms with E-state index in [-0.39, 0.29) is 24.0 Å². The maximum absolute atomic E-state index is 11.8. The van der Waals surface area contributed by atoms with Crippen LogP contribution in [0.1, 0.15) is 12.8 Å². The van der Waals surface area contributed by atoms with E-state index >= 15 is 0 Å². The van der Waals surface area contributed by atoms with Crippen LogP contribution in [0.25, 0.3) is 11.4 Å². The molecule has 0 fully saturated rings. The van der Waals surface area contributed by atoms with Gasteiger partial charge in [-0.3, -0.25) is 0 Å². The molecular formula is C13H16N2O4S. The van der Waals surface area contributed by atoms with Crippen LogP contribution in [0.5, 0.6) is 0 Å². The number of ether oxygens (including phenoxy) is 1. The molecule has 108 valence electrons. The zero-order valence-corrected chi connectivity index (χ0v) is 12.0. The van der Waals surface area contributed by atoms with Gasteiger partial charge in [-0.25, -0.2) is 8.42 Å². The molecule has 0 saturated carbocycles. The van der Waals surface area contributed by atoms with Gasteiger partial charge in [-0.1, -0.05) is 35.5 Å². The summed E-state index contributed by atoms with van der Waals surface area (Å²) in [6, 6.07) is 9.24. The third-order valence-electron chi connectivity index (χ3n) is 2.59. The van der Waals surface area contributed by atoms with E-state index in [1.54, 1.807) is 0 Å². The second-order valence-electron chi connectivity index (χ2n) is 4.17. The van der Waals surface area contributed by atoms with Crippen LogP contribution >= 0.6 is 0 Å². The van der Waals surface area contributed by atoms with Crippen LogP contribution in [0.2, 0.25) is 0 Å². The second kappa shape index (κ2) is 6.62. The van der Waals surface area contributed by atoms with Gasteiger partial charge in [0.1, 0.15) is 5.75 Å². The summed E-state index contributed by atoms with van der Waals surface area (Å²) in [5.74, 6) is 0.171. The van der Waals surface area contributed by atoms with Crippen molar-refractivity contribution in [1.82, 2.24) is 10.1 Å². The Hall–Kier alpha value is -1.73. The van der Waals surface area contributed by atoms with Crippen molar-refractivity contribution in [3.63, 3.8) is 0 Å². The monoisotopic (exact) mass is 296 g/mol. The highest BCUT2D eigenvalue weighted by Crippen LogP contribution is 2.15. The molecule has 0 N–H and O–H groups in total. The maximum Gasteiger partial charge on any atom is 0.242 e. The highest BCUT2D eigenvalue weighted by molar-refractivity contribution is 7.90. The van der Waals surface area contributed by atoms with Gasteiger partial charge in [0.2, 0.25) is 11.7 Å². The lowest BCUT2D eigenvalue weighted by atomic mass is 10.2. The summed E-state index contributed by atoms with van der Waals surface area (Å²) in [6.07, 6.45) is 0. The fourth-order valence-corrected chi connectivity index (χ4v) is 2.62. The van der Waals surface area contributed by atoms with Crippen molar-refractivity contribution < 1.29 is 17.7 Å². The zero-order valence-electron chi connectivity index (χ0n) is 11.2. The van der Waals surface area contributed by atoms with Crippen molar-refractivity contribution in [2.24, 2.45) is 0 Å². The first-order chi connectivity index (χ1) is 9.61. The van der Waals surface area contributed by atoms with E-state index < -0.39 is 9.84 Å². The molecule has 2 rings (SSSR count). The molecule has 0 spiro atoms. The highest BCUT2D eigenvalue weighted by atomic mass is 32.2. The number of hydrogen-bond acceptors (Lipinski definition) is 6. The summed E-state index contributed by atoms with van der Waals surface area (Å²) >= 11 is 0. The molecule has 0 bridgehead atoms. The molecule has 6 nitrogen and oxygen atoms in total. The highest BCUT2D eigenvalue weighted by Gasteiger charge is 2.17. The smallest absolute Gasteiger partial charge is 0.242 e. The van der Waals surface area contributed by atoms with E-state index in [1.807, 2.05) is 37.3 Å². The van der Waals surface area contributed by atoms with Crippen molar-refractivity contribution in [3.8, 4) is 11.4 Å². The lowest BCUT2D eigenvalue weighted by Crippen LogP contribution is -2.14.